The van der Waals surface area contributed by atoms with Crippen LogP contribution >= 0.6 is 12.2 Å². The Hall–Kier alpha value is -2.24. The van der Waals surface area contributed by atoms with Gasteiger partial charge in [-0.25, -0.2) is 8.42 Å². The maximum Gasteiger partial charge on any atom is 0.246 e. The monoisotopic (exact) mass is 455 g/mol. The number of aromatic amines is 1. The van der Waals surface area contributed by atoms with Gasteiger partial charge in [0.1, 0.15) is 23.0 Å². The minimum atomic E-state index is -3.76. The average molecular weight is 456 g/mol. The summed E-state index contributed by atoms with van der Waals surface area (Å²) < 4.78 is 35.0. The van der Waals surface area contributed by atoms with Crippen LogP contribution in [-0.4, -0.2) is 53.1 Å². The quantitative estimate of drug-likeness (QED) is 0.504. The minimum absolute atomic E-state index is 0.0179. The summed E-state index contributed by atoms with van der Waals surface area (Å²) in [5, 5.41) is 9.60. The number of nitrogens with zero attached hydrogens (tertiary/aromatic N) is 3. The lowest BCUT2D eigenvalue weighted by atomic mass is 10.3. The minimum Gasteiger partial charge on any atom is -0.492 e. The predicted molar refractivity (Wildman–Crippen MR) is 118 cm³/mol. The third-order valence-electron chi connectivity index (χ3n) is 4.46. The molecule has 0 aliphatic carbocycles. The maximum atomic E-state index is 13.0. The molecular formula is C19H29N5O4S2. The molecule has 0 radical (unpaired) electrons. The highest BCUT2D eigenvalue weighted by molar-refractivity contribution is 7.89. The van der Waals surface area contributed by atoms with E-state index in [9.17, 15) is 13.2 Å². The second-order valence-electron chi connectivity index (χ2n) is 6.51. The fourth-order valence-corrected chi connectivity index (χ4v) is 4.87. The summed E-state index contributed by atoms with van der Waals surface area (Å²) >= 11 is 5.20. The van der Waals surface area contributed by atoms with E-state index in [0.29, 0.717) is 42.4 Å². The lowest BCUT2D eigenvalue weighted by Crippen LogP contribution is -2.31. The lowest BCUT2D eigenvalue weighted by Gasteiger charge is -2.21. The van der Waals surface area contributed by atoms with Crippen LogP contribution in [0.2, 0.25) is 0 Å². The zero-order chi connectivity index (χ0) is 22.3. The van der Waals surface area contributed by atoms with Gasteiger partial charge in [-0.2, -0.15) is 9.40 Å². The van der Waals surface area contributed by atoms with Crippen molar-refractivity contribution in [2.45, 2.75) is 52.0 Å². The second-order valence-corrected chi connectivity index (χ2v) is 8.81. The third-order valence-corrected chi connectivity index (χ3v) is 6.85. The highest BCUT2D eigenvalue weighted by Crippen LogP contribution is 2.30. The molecule has 0 aliphatic heterocycles. The number of hydrogen-bond acceptors (Lipinski definition) is 6. The lowest BCUT2D eigenvalue weighted by molar-refractivity contribution is -0.116. The first-order valence-electron chi connectivity index (χ1n) is 9.99. The van der Waals surface area contributed by atoms with Crippen molar-refractivity contribution in [1.82, 2.24) is 19.1 Å². The van der Waals surface area contributed by atoms with E-state index in [2.05, 4.69) is 15.5 Å². The Morgan fingerprint density at radius 2 is 1.97 bits per heavy atom. The highest BCUT2D eigenvalue weighted by atomic mass is 32.2. The zero-order valence-corrected chi connectivity index (χ0v) is 19.4. The number of aryl methyl sites for hydroxylation is 1. The molecule has 0 atom stereocenters. The van der Waals surface area contributed by atoms with E-state index in [-0.39, 0.29) is 23.1 Å². The van der Waals surface area contributed by atoms with E-state index in [1.54, 1.807) is 37.5 Å². The van der Waals surface area contributed by atoms with E-state index in [4.69, 9.17) is 17.0 Å². The largest absolute Gasteiger partial charge is 0.492 e. The average Bonchev–Trinajstić information content (AvgIpc) is 3.03. The number of sulfonamides is 1. The standard InChI is InChI=1S/C19H29N5O4S2/c1-5-9-17-21-22-19(29)24(17)13-18(25)20-14-10-11-15(28-8-4)16(12-14)30(26,27)23(6-2)7-3/h10-12H,5-9,13H2,1-4H3,(H,20,25)(H,22,29). The van der Waals surface area contributed by atoms with Crippen LogP contribution in [0, 0.1) is 4.77 Å². The molecule has 0 aliphatic rings. The Morgan fingerprint density at radius 1 is 1.27 bits per heavy atom. The molecule has 11 heteroatoms. The summed E-state index contributed by atoms with van der Waals surface area (Å²) in [6.45, 7) is 8.32. The molecule has 30 heavy (non-hydrogen) atoms. The molecule has 0 spiro atoms. The van der Waals surface area contributed by atoms with Crippen LogP contribution in [-0.2, 0) is 27.8 Å². The van der Waals surface area contributed by atoms with E-state index in [1.807, 2.05) is 6.92 Å². The number of H-pyrrole nitrogens is 1. The first-order chi connectivity index (χ1) is 14.3. The SMILES string of the molecule is CCCc1n[nH]c(=S)n1CC(=O)Nc1ccc(OCC)c(S(=O)(=O)N(CC)CC)c1. The van der Waals surface area contributed by atoms with Crippen molar-refractivity contribution in [3.63, 3.8) is 0 Å². The molecule has 0 unspecified atom stereocenters. The Morgan fingerprint density at radius 3 is 2.57 bits per heavy atom. The van der Waals surface area contributed by atoms with Gasteiger partial charge >= 0.3 is 0 Å². The van der Waals surface area contributed by atoms with Crippen molar-refractivity contribution in [3.8, 4) is 5.75 Å². The normalized spacial score (nSPS) is 11.6. The topological polar surface area (TPSA) is 109 Å². The molecule has 9 nitrogen and oxygen atoms in total. The molecule has 0 bridgehead atoms. The van der Waals surface area contributed by atoms with Crippen molar-refractivity contribution in [1.29, 1.82) is 0 Å². The number of benzene rings is 1. The van der Waals surface area contributed by atoms with Gasteiger partial charge in [0.25, 0.3) is 0 Å². The number of hydrogen-bond donors (Lipinski definition) is 2. The maximum absolute atomic E-state index is 13.0. The number of nitrogens with one attached hydrogen (secondary N) is 2. The summed E-state index contributed by atoms with van der Waals surface area (Å²) in [4.78, 5) is 12.6. The van der Waals surface area contributed by atoms with Gasteiger partial charge < -0.3 is 10.1 Å². The summed E-state index contributed by atoms with van der Waals surface area (Å²) in [5.74, 6) is 0.624. The summed E-state index contributed by atoms with van der Waals surface area (Å²) in [6, 6.07) is 4.60. The van der Waals surface area contributed by atoms with Crippen LogP contribution < -0.4 is 10.1 Å². The number of rotatable bonds is 11. The van der Waals surface area contributed by atoms with Gasteiger partial charge in [-0.1, -0.05) is 20.8 Å². The fraction of sp³-hybridized carbons (Fsp3) is 0.526. The van der Waals surface area contributed by atoms with E-state index >= 15 is 0 Å². The summed E-state index contributed by atoms with van der Waals surface area (Å²) in [6.07, 6.45) is 1.56. The Labute approximate surface area is 182 Å². The number of aromatic nitrogens is 3. The first kappa shape index (κ1) is 24.0. The molecule has 2 N–H and O–H groups in total. The van der Waals surface area contributed by atoms with Crippen molar-refractivity contribution in [2.75, 3.05) is 25.0 Å². The van der Waals surface area contributed by atoms with Gasteiger partial charge in [-0.3, -0.25) is 14.5 Å². The summed E-state index contributed by atoms with van der Waals surface area (Å²) in [7, 11) is -3.76. The van der Waals surface area contributed by atoms with E-state index < -0.39 is 10.0 Å². The Balaban J connectivity index is 2.32. The van der Waals surface area contributed by atoms with Crippen molar-refractivity contribution >= 4 is 33.8 Å². The summed E-state index contributed by atoms with van der Waals surface area (Å²) in [5.41, 5.74) is 0.362. The molecule has 2 aromatic rings. The fourth-order valence-electron chi connectivity index (χ4n) is 3.04. The number of carbonyl (C=O) groups excluding carboxylic acids is 1. The van der Waals surface area contributed by atoms with Crippen LogP contribution in [0.15, 0.2) is 23.1 Å². The molecule has 1 aromatic heterocycles. The molecule has 2 rings (SSSR count). The van der Waals surface area contributed by atoms with Crippen LogP contribution in [0.1, 0.15) is 39.9 Å². The number of anilines is 1. The molecule has 1 amide bonds. The number of carbonyl (C=O) groups is 1. The molecule has 166 valence electrons. The van der Waals surface area contributed by atoms with Gasteiger partial charge in [-0.15, -0.1) is 0 Å². The van der Waals surface area contributed by atoms with Crippen LogP contribution in [0.4, 0.5) is 5.69 Å². The van der Waals surface area contributed by atoms with Gasteiger partial charge in [0.2, 0.25) is 15.9 Å². The Bertz CT molecular complexity index is 1030. The third kappa shape index (κ3) is 5.46. The van der Waals surface area contributed by atoms with Gasteiger partial charge in [0, 0.05) is 25.2 Å². The van der Waals surface area contributed by atoms with Crippen molar-refractivity contribution < 1.29 is 17.9 Å². The van der Waals surface area contributed by atoms with Crippen LogP contribution in [0.25, 0.3) is 0 Å². The molecule has 1 aromatic carbocycles. The van der Waals surface area contributed by atoms with Crippen molar-refractivity contribution in [2.24, 2.45) is 0 Å². The van der Waals surface area contributed by atoms with Gasteiger partial charge in [-0.05, 0) is 43.8 Å². The smallest absolute Gasteiger partial charge is 0.246 e. The molecule has 0 saturated carbocycles. The highest BCUT2D eigenvalue weighted by Gasteiger charge is 2.26. The van der Waals surface area contributed by atoms with E-state index in [1.165, 1.54) is 10.4 Å². The predicted octanol–water partition coefficient (Wildman–Crippen LogP) is 2.96. The molecular weight excluding hydrogens is 426 g/mol. The number of ether oxygens (including phenoxy) is 1. The zero-order valence-electron chi connectivity index (χ0n) is 17.8. The van der Waals surface area contributed by atoms with Gasteiger partial charge in [0.05, 0.1) is 6.61 Å². The van der Waals surface area contributed by atoms with Gasteiger partial charge in [0.15, 0.2) is 4.77 Å². The van der Waals surface area contributed by atoms with Crippen molar-refractivity contribution in [3.05, 3.63) is 28.8 Å². The first-order valence-corrected chi connectivity index (χ1v) is 11.8. The second kappa shape index (κ2) is 10.7. The van der Waals surface area contributed by atoms with Crippen LogP contribution in [0.5, 0.6) is 5.75 Å². The molecule has 1 heterocycles. The molecule has 0 fully saturated rings. The number of amides is 1. The van der Waals surface area contributed by atoms with E-state index in [0.717, 1.165) is 6.42 Å². The Kier molecular flexibility index (Phi) is 8.56. The van der Waals surface area contributed by atoms with Crippen LogP contribution in [0.3, 0.4) is 0 Å². The molecule has 0 saturated heterocycles.